The monoisotopic (exact) mass is 265 g/mol. The van der Waals surface area contributed by atoms with Gasteiger partial charge in [-0.15, -0.1) is 0 Å². The summed E-state index contributed by atoms with van der Waals surface area (Å²) in [4.78, 5) is 33.9. The van der Waals surface area contributed by atoms with Crippen LogP contribution in [0.25, 0.3) is 0 Å². The Bertz CT molecular complexity index is 334. The number of nitro groups is 1. The van der Waals surface area contributed by atoms with Crippen molar-refractivity contribution >= 4 is 13.5 Å². The maximum Gasteiger partial charge on any atom is 1.00 e. The van der Waals surface area contributed by atoms with Crippen molar-refractivity contribution in [2.75, 3.05) is 0 Å². The van der Waals surface area contributed by atoms with Crippen LogP contribution in [-0.4, -0.2) is 9.82 Å². The van der Waals surface area contributed by atoms with E-state index in [1.165, 1.54) is 12.1 Å². The van der Waals surface area contributed by atoms with Gasteiger partial charge in [0.15, 0.2) is 0 Å². The smallest absolute Gasteiger partial charge is 0.790 e. The van der Waals surface area contributed by atoms with Crippen LogP contribution in [0.1, 0.15) is 0 Å². The molecule has 0 amide bonds. The molecular formula is C6H6NNa2O6P. The molecule has 0 aromatic heterocycles. The standard InChI is InChI=1S/C6H5NO2.2Na.H3O4P/c8-7(9)6-4-2-1-3-5-6;;;1-5(2,3)4/h1-5H;;;(H3,1,2,3,4)/q;2*+1;/p-2. The van der Waals surface area contributed by atoms with Gasteiger partial charge in [0, 0.05) is 12.1 Å². The van der Waals surface area contributed by atoms with Crippen LogP contribution in [0.5, 0.6) is 0 Å². The average molecular weight is 265 g/mol. The molecule has 0 saturated heterocycles. The summed E-state index contributed by atoms with van der Waals surface area (Å²) in [5.74, 6) is 0. The Morgan fingerprint density at radius 2 is 1.44 bits per heavy atom. The summed E-state index contributed by atoms with van der Waals surface area (Å²) < 4.78 is 8.66. The van der Waals surface area contributed by atoms with Crippen molar-refractivity contribution in [3.8, 4) is 0 Å². The third-order valence-electron chi connectivity index (χ3n) is 0.967. The van der Waals surface area contributed by atoms with Crippen molar-refractivity contribution in [3.63, 3.8) is 0 Å². The summed E-state index contributed by atoms with van der Waals surface area (Å²) in [5.41, 5.74) is 0.137. The zero-order chi connectivity index (χ0) is 11.2. The number of hydrogen-bond donors (Lipinski definition) is 1. The Morgan fingerprint density at radius 1 is 1.12 bits per heavy atom. The molecular weight excluding hydrogens is 259 g/mol. The van der Waals surface area contributed by atoms with Gasteiger partial charge in [-0.2, -0.15) is 0 Å². The summed E-state index contributed by atoms with van der Waals surface area (Å²) >= 11 is 0. The average Bonchev–Trinajstić information content (AvgIpc) is 2.03. The molecule has 0 radical (unpaired) electrons. The zero-order valence-corrected chi connectivity index (χ0v) is 13.7. The molecule has 0 spiro atoms. The van der Waals surface area contributed by atoms with Gasteiger partial charge in [0.1, 0.15) is 0 Å². The van der Waals surface area contributed by atoms with Gasteiger partial charge >= 0.3 is 59.1 Å². The minimum Gasteiger partial charge on any atom is -0.790 e. The van der Waals surface area contributed by atoms with Gasteiger partial charge in [-0.1, -0.05) is 18.2 Å². The predicted molar refractivity (Wildman–Crippen MR) is 42.9 cm³/mol. The molecule has 0 aliphatic heterocycles. The molecule has 78 valence electrons. The maximum atomic E-state index is 10.0. The van der Waals surface area contributed by atoms with Crippen LogP contribution >= 0.6 is 7.82 Å². The zero-order valence-electron chi connectivity index (χ0n) is 8.77. The molecule has 7 nitrogen and oxygen atoms in total. The van der Waals surface area contributed by atoms with Crippen LogP contribution in [0.2, 0.25) is 0 Å². The molecule has 0 bridgehead atoms. The van der Waals surface area contributed by atoms with Crippen LogP contribution in [0.4, 0.5) is 5.69 Å². The minimum atomic E-state index is -5.14. The Labute approximate surface area is 136 Å². The first-order chi connectivity index (χ1) is 6.30. The summed E-state index contributed by atoms with van der Waals surface area (Å²) in [6.45, 7) is 0. The van der Waals surface area contributed by atoms with Gasteiger partial charge in [0.2, 0.25) is 0 Å². The van der Waals surface area contributed by atoms with Gasteiger partial charge in [0.25, 0.3) is 5.69 Å². The number of benzene rings is 1. The molecule has 1 aromatic rings. The van der Waals surface area contributed by atoms with E-state index in [2.05, 4.69) is 0 Å². The molecule has 16 heavy (non-hydrogen) atoms. The normalized spacial score (nSPS) is 8.69. The van der Waals surface area contributed by atoms with Crippen molar-refractivity contribution in [3.05, 3.63) is 40.4 Å². The molecule has 1 rings (SSSR count). The van der Waals surface area contributed by atoms with E-state index in [0.717, 1.165) is 0 Å². The van der Waals surface area contributed by atoms with E-state index in [1.54, 1.807) is 18.2 Å². The Morgan fingerprint density at radius 3 is 1.62 bits per heavy atom. The van der Waals surface area contributed by atoms with Crippen LogP contribution in [0, 0.1) is 10.1 Å². The van der Waals surface area contributed by atoms with Crippen LogP contribution < -0.4 is 68.9 Å². The number of phosphoric acid groups is 1. The number of nitro benzene ring substituents is 1. The summed E-state index contributed by atoms with van der Waals surface area (Å²) in [6.07, 6.45) is 0. The molecule has 0 fully saturated rings. The fourth-order valence-electron chi connectivity index (χ4n) is 0.550. The van der Waals surface area contributed by atoms with Crippen molar-refractivity contribution in [2.45, 2.75) is 0 Å². The SMILES string of the molecule is O=P([O-])([O-])O.O=[N+]([O-])c1ccccc1.[Na+].[Na+]. The fraction of sp³-hybridized carbons (Fsp3) is 0. The van der Waals surface area contributed by atoms with E-state index >= 15 is 0 Å². The van der Waals surface area contributed by atoms with Crippen molar-refractivity contribution in [1.29, 1.82) is 0 Å². The fourth-order valence-corrected chi connectivity index (χ4v) is 0.550. The van der Waals surface area contributed by atoms with E-state index in [9.17, 15) is 10.1 Å². The van der Waals surface area contributed by atoms with E-state index < -0.39 is 12.7 Å². The third kappa shape index (κ3) is 17.1. The molecule has 0 atom stereocenters. The second kappa shape index (κ2) is 10.9. The van der Waals surface area contributed by atoms with Crippen molar-refractivity contribution < 1.29 is 83.3 Å². The van der Waals surface area contributed by atoms with E-state index in [-0.39, 0.29) is 64.8 Å². The second-order valence-corrected chi connectivity index (χ2v) is 3.00. The number of rotatable bonds is 1. The summed E-state index contributed by atoms with van der Waals surface area (Å²) in [5, 5.41) is 10.0. The maximum absolute atomic E-state index is 10.0. The first kappa shape index (κ1) is 22.0. The van der Waals surface area contributed by atoms with Gasteiger partial charge in [-0.05, 0) is 0 Å². The minimum absolute atomic E-state index is 0. The second-order valence-electron chi connectivity index (χ2n) is 2.06. The van der Waals surface area contributed by atoms with Crippen molar-refractivity contribution in [1.82, 2.24) is 0 Å². The van der Waals surface area contributed by atoms with Gasteiger partial charge in [0.05, 0.1) is 12.7 Å². The van der Waals surface area contributed by atoms with E-state index in [1.807, 2.05) is 0 Å². The molecule has 0 saturated carbocycles. The first-order valence-corrected chi connectivity index (χ1v) is 4.74. The van der Waals surface area contributed by atoms with Crippen LogP contribution in [0.15, 0.2) is 30.3 Å². The van der Waals surface area contributed by atoms with Gasteiger partial charge in [-0.3, -0.25) is 10.1 Å². The number of nitrogens with zero attached hydrogens (tertiary/aromatic N) is 1. The predicted octanol–water partition coefficient (Wildman–Crippen LogP) is -6.59. The largest absolute Gasteiger partial charge is 1.00 e. The Kier molecular flexibility index (Phi) is 14.9. The Balaban J connectivity index is -0.000000214. The molecule has 0 unspecified atom stereocenters. The molecule has 1 N–H and O–H groups in total. The quantitative estimate of drug-likeness (QED) is 0.233. The van der Waals surface area contributed by atoms with Gasteiger partial charge < -0.3 is 19.2 Å². The molecule has 0 heterocycles. The van der Waals surface area contributed by atoms with Crippen LogP contribution in [0.3, 0.4) is 0 Å². The number of hydrogen-bond acceptors (Lipinski definition) is 5. The number of non-ortho nitro benzene ring substituents is 1. The van der Waals surface area contributed by atoms with E-state index in [4.69, 9.17) is 19.2 Å². The Hall–Kier alpha value is 0.730. The first-order valence-electron chi connectivity index (χ1n) is 3.25. The third-order valence-corrected chi connectivity index (χ3v) is 0.967. The topological polar surface area (TPSA) is 127 Å². The molecule has 1 aromatic carbocycles. The summed E-state index contributed by atoms with van der Waals surface area (Å²) in [7, 11) is -5.14. The molecule has 0 aliphatic carbocycles. The molecule has 10 heteroatoms. The van der Waals surface area contributed by atoms with E-state index in [0.29, 0.717) is 0 Å². The van der Waals surface area contributed by atoms with Crippen molar-refractivity contribution in [2.24, 2.45) is 0 Å². The van der Waals surface area contributed by atoms with Gasteiger partial charge in [-0.25, -0.2) is 0 Å². The van der Waals surface area contributed by atoms with Crippen LogP contribution in [-0.2, 0) is 4.57 Å². The number of para-hydroxylation sites is 1. The molecule has 0 aliphatic rings. The summed E-state index contributed by atoms with van der Waals surface area (Å²) in [6, 6.07) is 7.93.